The van der Waals surface area contributed by atoms with Crippen LogP contribution < -0.4 is 0 Å². The summed E-state index contributed by atoms with van der Waals surface area (Å²) in [5.41, 5.74) is 0.694. The van der Waals surface area contributed by atoms with E-state index in [1.807, 2.05) is 6.92 Å². The SMILES string of the molecule is CCCC1=CC=CC(C(=O)O)C1C(=O)O. The average Bonchev–Trinajstić information content (AvgIpc) is 2.17. The number of rotatable bonds is 4. The predicted molar refractivity (Wildman–Crippen MR) is 54.4 cm³/mol. The van der Waals surface area contributed by atoms with Crippen molar-refractivity contribution in [2.75, 3.05) is 0 Å². The van der Waals surface area contributed by atoms with Gasteiger partial charge in [0, 0.05) is 0 Å². The molecule has 0 heterocycles. The van der Waals surface area contributed by atoms with Crippen LogP contribution >= 0.6 is 0 Å². The maximum absolute atomic E-state index is 11.0. The van der Waals surface area contributed by atoms with E-state index in [-0.39, 0.29) is 0 Å². The van der Waals surface area contributed by atoms with Gasteiger partial charge >= 0.3 is 11.9 Å². The number of allylic oxidation sites excluding steroid dienone is 2. The minimum atomic E-state index is -1.08. The first-order valence-corrected chi connectivity index (χ1v) is 4.90. The van der Waals surface area contributed by atoms with Crippen molar-refractivity contribution in [2.24, 2.45) is 11.8 Å². The second kappa shape index (κ2) is 4.77. The van der Waals surface area contributed by atoms with Crippen molar-refractivity contribution in [3.63, 3.8) is 0 Å². The molecule has 1 rings (SSSR count). The molecule has 0 bridgehead atoms. The molecule has 2 unspecified atom stereocenters. The van der Waals surface area contributed by atoms with Crippen molar-refractivity contribution in [3.05, 3.63) is 23.8 Å². The molecule has 2 N–H and O–H groups in total. The molecule has 0 aromatic rings. The van der Waals surface area contributed by atoms with Crippen molar-refractivity contribution in [3.8, 4) is 0 Å². The summed E-state index contributed by atoms with van der Waals surface area (Å²) in [6.45, 7) is 1.94. The topological polar surface area (TPSA) is 74.6 Å². The summed E-state index contributed by atoms with van der Waals surface area (Å²) in [7, 11) is 0. The average molecular weight is 210 g/mol. The number of carbonyl (C=O) groups is 2. The highest BCUT2D eigenvalue weighted by atomic mass is 16.4. The zero-order chi connectivity index (χ0) is 11.4. The first-order chi connectivity index (χ1) is 7.07. The van der Waals surface area contributed by atoms with Crippen LogP contribution in [0.2, 0.25) is 0 Å². The molecule has 1 aliphatic rings. The summed E-state index contributed by atoms with van der Waals surface area (Å²) < 4.78 is 0. The summed E-state index contributed by atoms with van der Waals surface area (Å²) in [5.74, 6) is -3.99. The quantitative estimate of drug-likeness (QED) is 0.740. The standard InChI is InChI=1S/C11H14O4/c1-2-4-7-5-3-6-8(10(12)13)9(7)11(14)15/h3,5-6,8-9H,2,4H2,1H3,(H,12,13)(H,14,15). The molecule has 0 amide bonds. The predicted octanol–water partition coefficient (Wildman–Crippen LogP) is 1.68. The Kier molecular flexibility index (Phi) is 3.66. The van der Waals surface area contributed by atoms with Crippen LogP contribution in [0.3, 0.4) is 0 Å². The van der Waals surface area contributed by atoms with Gasteiger partial charge in [0.05, 0.1) is 11.8 Å². The summed E-state index contributed by atoms with van der Waals surface area (Å²) in [5, 5.41) is 17.9. The van der Waals surface area contributed by atoms with Crippen LogP contribution in [0.15, 0.2) is 23.8 Å². The van der Waals surface area contributed by atoms with Gasteiger partial charge in [-0.1, -0.05) is 37.1 Å². The van der Waals surface area contributed by atoms with E-state index >= 15 is 0 Å². The van der Waals surface area contributed by atoms with Crippen LogP contribution in [0, 0.1) is 11.8 Å². The van der Waals surface area contributed by atoms with Crippen LogP contribution in [-0.2, 0) is 9.59 Å². The van der Waals surface area contributed by atoms with Crippen molar-refractivity contribution >= 4 is 11.9 Å². The summed E-state index contributed by atoms with van der Waals surface area (Å²) in [6.07, 6.45) is 6.21. The molecule has 15 heavy (non-hydrogen) atoms. The van der Waals surface area contributed by atoms with Crippen LogP contribution in [0.4, 0.5) is 0 Å². The molecule has 0 radical (unpaired) electrons. The Morgan fingerprint density at radius 2 is 2.00 bits per heavy atom. The Morgan fingerprint density at radius 3 is 2.47 bits per heavy atom. The summed E-state index contributed by atoms with van der Waals surface area (Å²) in [4.78, 5) is 21.9. The molecule has 0 saturated carbocycles. The minimum absolute atomic E-state index is 0.630. The fraction of sp³-hybridized carbons (Fsp3) is 0.455. The van der Waals surface area contributed by atoms with Crippen LogP contribution in [0.5, 0.6) is 0 Å². The van der Waals surface area contributed by atoms with Crippen molar-refractivity contribution in [1.82, 2.24) is 0 Å². The van der Waals surface area contributed by atoms with Crippen molar-refractivity contribution < 1.29 is 19.8 Å². The largest absolute Gasteiger partial charge is 0.481 e. The van der Waals surface area contributed by atoms with E-state index in [1.165, 1.54) is 6.08 Å². The van der Waals surface area contributed by atoms with Gasteiger partial charge in [-0.3, -0.25) is 9.59 Å². The third kappa shape index (κ3) is 2.46. The van der Waals surface area contributed by atoms with Gasteiger partial charge in [0.1, 0.15) is 0 Å². The zero-order valence-corrected chi connectivity index (χ0v) is 8.51. The Morgan fingerprint density at radius 1 is 1.33 bits per heavy atom. The number of hydrogen-bond acceptors (Lipinski definition) is 2. The van der Waals surface area contributed by atoms with Crippen LogP contribution in [0.25, 0.3) is 0 Å². The molecule has 0 aliphatic heterocycles. The summed E-state index contributed by atoms with van der Waals surface area (Å²) in [6, 6.07) is 0. The molecule has 82 valence electrons. The molecule has 0 aromatic carbocycles. The molecular weight excluding hydrogens is 196 g/mol. The Balaban J connectivity index is 2.97. The van der Waals surface area contributed by atoms with Gasteiger partial charge in [0.25, 0.3) is 0 Å². The van der Waals surface area contributed by atoms with E-state index in [1.54, 1.807) is 12.2 Å². The van der Waals surface area contributed by atoms with Crippen LogP contribution in [0.1, 0.15) is 19.8 Å². The molecule has 0 aromatic heterocycles. The van der Waals surface area contributed by atoms with Crippen molar-refractivity contribution in [1.29, 1.82) is 0 Å². The van der Waals surface area contributed by atoms with Gasteiger partial charge in [-0.15, -0.1) is 0 Å². The Labute approximate surface area is 87.9 Å². The third-order valence-corrected chi connectivity index (χ3v) is 2.48. The van der Waals surface area contributed by atoms with Gasteiger partial charge in [0.15, 0.2) is 0 Å². The lowest BCUT2D eigenvalue weighted by molar-refractivity contribution is -0.150. The van der Waals surface area contributed by atoms with Gasteiger partial charge in [-0.2, -0.15) is 0 Å². The number of carboxylic acids is 2. The van der Waals surface area contributed by atoms with Crippen LogP contribution in [-0.4, -0.2) is 22.2 Å². The lowest BCUT2D eigenvalue weighted by Crippen LogP contribution is -2.31. The van der Waals surface area contributed by atoms with E-state index in [2.05, 4.69) is 0 Å². The second-order valence-electron chi connectivity index (χ2n) is 3.56. The molecule has 0 fully saturated rings. The zero-order valence-electron chi connectivity index (χ0n) is 8.51. The first-order valence-electron chi connectivity index (χ1n) is 4.90. The summed E-state index contributed by atoms with van der Waals surface area (Å²) >= 11 is 0. The molecule has 0 saturated heterocycles. The molecule has 1 aliphatic carbocycles. The normalized spacial score (nSPS) is 24.7. The van der Waals surface area contributed by atoms with Gasteiger partial charge in [-0.05, 0) is 6.42 Å². The van der Waals surface area contributed by atoms with E-state index in [4.69, 9.17) is 10.2 Å². The lowest BCUT2D eigenvalue weighted by Gasteiger charge is -2.23. The Bertz CT molecular complexity index is 327. The molecule has 2 atom stereocenters. The lowest BCUT2D eigenvalue weighted by atomic mass is 9.80. The highest BCUT2D eigenvalue weighted by molar-refractivity contribution is 5.84. The number of hydrogen-bond donors (Lipinski definition) is 2. The van der Waals surface area contributed by atoms with Gasteiger partial charge in [-0.25, -0.2) is 0 Å². The van der Waals surface area contributed by atoms with E-state index in [0.717, 1.165) is 6.42 Å². The maximum atomic E-state index is 11.0. The van der Waals surface area contributed by atoms with Crippen molar-refractivity contribution in [2.45, 2.75) is 19.8 Å². The second-order valence-corrected chi connectivity index (χ2v) is 3.56. The highest BCUT2D eigenvalue weighted by Crippen LogP contribution is 2.29. The monoisotopic (exact) mass is 210 g/mol. The minimum Gasteiger partial charge on any atom is -0.481 e. The maximum Gasteiger partial charge on any atom is 0.311 e. The molecule has 4 heteroatoms. The third-order valence-electron chi connectivity index (χ3n) is 2.48. The fourth-order valence-electron chi connectivity index (χ4n) is 1.81. The molecular formula is C11H14O4. The number of carboxylic acid groups (broad SMARTS) is 2. The fourth-order valence-corrected chi connectivity index (χ4v) is 1.81. The van der Waals surface area contributed by atoms with E-state index < -0.39 is 23.8 Å². The van der Waals surface area contributed by atoms with E-state index in [0.29, 0.717) is 12.0 Å². The first kappa shape index (κ1) is 11.5. The molecule has 0 spiro atoms. The van der Waals surface area contributed by atoms with E-state index in [9.17, 15) is 9.59 Å². The highest BCUT2D eigenvalue weighted by Gasteiger charge is 2.35. The van der Waals surface area contributed by atoms with Gasteiger partial charge < -0.3 is 10.2 Å². The molecule has 4 nitrogen and oxygen atoms in total. The Hall–Kier alpha value is -1.58. The number of aliphatic carboxylic acids is 2. The van der Waals surface area contributed by atoms with Gasteiger partial charge in [0.2, 0.25) is 0 Å². The smallest absolute Gasteiger partial charge is 0.311 e.